The number of carbonyl (C=O) groups excluding carboxylic acids is 2. The third-order valence-electron chi connectivity index (χ3n) is 11.5. The van der Waals surface area contributed by atoms with E-state index >= 15 is 0 Å². The molecule has 2 heterocycles. The molecule has 2 aliphatic heterocycles. The summed E-state index contributed by atoms with van der Waals surface area (Å²) in [7, 11) is 0.315. The maximum absolute atomic E-state index is 13.7. The molecule has 3 aromatic rings. The number of methoxy groups -OCH3 is 2. The van der Waals surface area contributed by atoms with E-state index in [0.717, 1.165) is 6.29 Å². The van der Waals surface area contributed by atoms with Gasteiger partial charge in [0.2, 0.25) is 0 Å². The largest absolute Gasteiger partial charge is 0.458 e. The maximum Gasteiger partial charge on any atom is 0.338 e. The van der Waals surface area contributed by atoms with E-state index < -0.39 is 56.0 Å². The number of rotatable bonds is 18. The Morgan fingerprint density at radius 3 is 2.04 bits per heavy atom. The van der Waals surface area contributed by atoms with Crippen LogP contribution >= 0.6 is 0 Å². The molecule has 55 heavy (non-hydrogen) atoms. The smallest absolute Gasteiger partial charge is 0.338 e. The first-order valence-corrected chi connectivity index (χ1v) is 21.3. The molecule has 0 aromatic heterocycles. The van der Waals surface area contributed by atoms with Crippen LogP contribution in [0.5, 0.6) is 0 Å². The van der Waals surface area contributed by atoms with Crippen molar-refractivity contribution in [2.75, 3.05) is 40.8 Å². The highest BCUT2D eigenvalue weighted by Gasteiger charge is 2.67. The lowest BCUT2D eigenvalue weighted by molar-refractivity contribution is -0.335. The monoisotopic (exact) mass is 776 g/mol. The summed E-state index contributed by atoms with van der Waals surface area (Å²) in [4.78, 5) is 25.5. The topological polar surface area (TPSA) is 108 Å². The molecule has 0 bridgehead atoms. The highest BCUT2D eigenvalue weighted by atomic mass is 28.4. The normalized spacial score (nSPS) is 25.8. The zero-order valence-corrected chi connectivity index (χ0v) is 34.7. The molecular formula is C44H60O10Si. The lowest BCUT2D eigenvalue weighted by atomic mass is 9.72. The zero-order chi connectivity index (χ0) is 39.7. The Morgan fingerprint density at radius 1 is 0.891 bits per heavy atom. The summed E-state index contributed by atoms with van der Waals surface area (Å²) in [5, 5.41) is 2.17. The van der Waals surface area contributed by atoms with Crippen LogP contribution in [0.3, 0.4) is 0 Å². The van der Waals surface area contributed by atoms with E-state index in [0.29, 0.717) is 31.8 Å². The molecule has 3 aromatic carbocycles. The van der Waals surface area contributed by atoms with Gasteiger partial charge in [-0.2, -0.15) is 0 Å². The second-order valence-electron chi connectivity index (χ2n) is 16.2. The predicted molar refractivity (Wildman–Crippen MR) is 213 cm³/mol. The Bertz CT molecular complexity index is 1590. The third-order valence-corrected chi connectivity index (χ3v) is 16.5. The van der Waals surface area contributed by atoms with Crippen molar-refractivity contribution in [3.05, 3.63) is 96.6 Å². The number of esters is 1. The minimum Gasteiger partial charge on any atom is -0.458 e. The molecule has 300 valence electrons. The number of aldehydes is 1. The molecule has 11 heteroatoms. The Labute approximate surface area is 328 Å². The third kappa shape index (κ3) is 9.15. The van der Waals surface area contributed by atoms with Gasteiger partial charge in [-0.05, 0) is 34.0 Å². The van der Waals surface area contributed by atoms with Crippen LogP contribution in [0.1, 0.15) is 71.2 Å². The van der Waals surface area contributed by atoms with Crippen molar-refractivity contribution in [2.45, 2.75) is 102 Å². The minimum absolute atomic E-state index is 0.0243. The van der Waals surface area contributed by atoms with Crippen LogP contribution in [-0.2, 0) is 42.4 Å². The molecule has 2 saturated heterocycles. The summed E-state index contributed by atoms with van der Waals surface area (Å²) in [6.07, 6.45) is -1.28. The molecule has 10 nitrogen and oxygen atoms in total. The number of ether oxygens (including phenoxy) is 7. The van der Waals surface area contributed by atoms with E-state index in [1.54, 1.807) is 26.4 Å². The minimum atomic E-state index is -2.85. The van der Waals surface area contributed by atoms with Gasteiger partial charge in [0.05, 0.1) is 37.1 Å². The van der Waals surface area contributed by atoms with Gasteiger partial charge in [-0.1, -0.05) is 120 Å². The summed E-state index contributed by atoms with van der Waals surface area (Å²) in [6, 6.07) is 30.1. The fourth-order valence-electron chi connectivity index (χ4n) is 8.34. The van der Waals surface area contributed by atoms with Gasteiger partial charge in [0, 0.05) is 45.0 Å². The van der Waals surface area contributed by atoms with Crippen molar-refractivity contribution < 1.29 is 47.2 Å². The van der Waals surface area contributed by atoms with Crippen molar-refractivity contribution in [2.24, 2.45) is 11.3 Å². The van der Waals surface area contributed by atoms with Crippen LogP contribution in [0.25, 0.3) is 0 Å². The molecule has 2 fully saturated rings. The maximum atomic E-state index is 13.7. The SMILES string of the molecule is COCCOCO[C@H]1[C@@H]([C@H](CC=O)OC)O[C@]2(C[C@@H](OC(=O)c3ccccc3)[C@H](C)[C@H](CCO[Si](c3ccccc3)(c3ccccc3)C(C)(C)C)O2)C1(C)C. The van der Waals surface area contributed by atoms with E-state index in [2.05, 4.69) is 76.2 Å². The Hall–Kier alpha value is -3.26. The molecule has 0 N–H and O–H groups in total. The number of carbonyl (C=O) groups is 2. The standard InChI is InChI=1S/C44H60O10Si/c1-32-36(25-27-51-55(42(2,3)4,34-20-14-10-15-21-34)35-22-16-11-17-23-35)53-44(30-38(32)52-41(46)33-18-12-9-13-19-33)43(5,6)40(50-31-49-29-28-47-7)39(54-44)37(48-8)24-26-45/h9-23,26,32,36-40H,24-25,27-31H2,1-8H3/t32-,36+,37+,38-,39-,40+,44-/m1/s1. The molecule has 2 aliphatic rings. The quantitative estimate of drug-likeness (QED) is 0.0478. The lowest BCUT2D eigenvalue weighted by Gasteiger charge is -2.51. The summed E-state index contributed by atoms with van der Waals surface area (Å²) >= 11 is 0. The van der Waals surface area contributed by atoms with Gasteiger partial charge in [0.1, 0.15) is 25.3 Å². The van der Waals surface area contributed by atoms with Crippen molar-refractivity contribution >= 4 is 30.9 Å². The first kappa shape index (κ1) is 42.9. The summed E-state index contributed by atoms with van der Waals surface area (Å²) < 4.78 is 51.1. The number of benzene rings is 3. The van der Waals surface area contributed by atoms with Gasteiger partial charge in [0.15, 0.2) is 5.79 Å². The second kappa shape index (κ2) is 18.8. The summed E-state index contributed by atoms with van der Waals surface area (Å²) in [5.41, 5.74) is -0.359. The van der Waals surface area contributed by atoms with Crippen LogP contribution in [0, 0.1) is 11.3 Å². The first-order valence-electron chi connectivity index (χ1n) is 19.4. The molecular weight excluding hydrogens is 717 g/mol. The van der Waals surface area contributed by atoms with E-state index in [9.17, 15) is 9.59 Å². The summed E-state index contributed by atoms with van der Waals surface area (Å²) in [6.45, 7) is 14.0. The van der Waals surface area contributed by atoms with Crippen LogP contribution in [0.4, 0.5) is 0 Å². The number of hydrogen-bond acceptors (Lipinski definition) is 10. The Morgan fingerprint density at radius 2 is 1.49 bits per heavy atom. The molecule has 5 rings (SSSR count). The number of hydrogen-bond donors (Lipinski definition) is 0. The molecule has 7 atom stereocenters. The molecule has 0 radical (unpaired) electrons. The fraction of sp³-hybridized carbons (Fsp3) is 0.545. The van der Waals surface area contributed by atoms with E-state index in [4.69, 9.17) is 37.6 Å². The fourth-order valence-corrected chi connectivity index (χ4v) is 12.9. The second-order valence-corrected chi connectivity index (χ2v) is 20.5. The zero-order valence-electron chi connectivity index (χ0n) is 33.7. The molecule has 0 unspecified atom stereocenters. The molecule has 0 amide bonds. The highest BCUT2D eigenvalue weighted by molar-refractivity contribution is 6.99. The van der Waals surface area contributed by atoms with Gasteiger partial charge >= 0.3 is 5.97 Å². The van der Waals surface area contributed by atoms with Gasteiger partial charge < -0.3 is 42.4 Å². The van der Waals surface area contributed by atoms with Gasteiger partial charge in [-0.3, -0.25) is 0 Å². The molecule has 0 aliphatic carbocycles. The van der Waals surface area contributed by atoms with Crippen molar-refractivity contribution in [1.29, 1.82) is 0 Å². The Balaban J connectivity index is 1.50. The van der Waals surface area contributed by atoms with Crippen LogP contribution in [0.2, 0.25) is 5.04 Å². The highest BCUT2D eigenvalue weighted by Crippen LogP contribution is 2.56. The average Bonchev–Trinajstić information content (AvgIpc) is 3.38. The van der Waals surface area contributed by atoms with Crippen molar-refractivity contribution in [3.8, 4) is 0 Å². The lowest BCUT2D eigenvalue weighted by Crippen LogP contribution is -2.66. The van der Waals surface area contributed by atoms with Crippen LogP contribution < -0.4 is 10.4 Å². The summed E-state index contributed by atoms with van der Waals surface area (Å²) in [5.74, 6) is -1.92. The van der Waals surface area contributed by atoms with Crippen LogP contribution in [-0.4, -0.2) is 97.7 Å². The average molecular weight is 777 g/mol. The van der Waals surface area contributed by atoms with Gasteiger partial charge in [-0.25, -0.2) is 4.79 Å². The van der Waals surface area contributed by atoms with E-state index in [-0.39, 0.29) is 30.6 Å². The molecule has 1 spiro atoms. The van der Waals surface area contributed by atoms with Crippen LogP contribution in [0.15, 0.2) is 91.0 Å². The predicted octanol–water partition coefficient (Wildman–Crippen LogP) is 6.33. The van der Waals surface area contributed by atoms with E-state index in [1.807, 2.05) is 44.2 Å². The molecule has 0 saturated carbocycles. The van der Waals surface area contributed by atoms with Gasteiger partial charge in [0.25, 0.3) is 8.32 Å². The Kier molecular flexibility index (Phi) is 14.6. The van der Waals surface area contributed by atoms with Crippen molar-refractivity contribution in [1.82, 2.24) is 0 Å². The van der Waals surface area contributed by atoms with E-state index in [1.165, 1.54) is 10.4 Å². The first-order chi connectivity index (χ1) is 26.3. The van der Waals surface area contributed by atoms with Gasteiger partial charge in [-0.15, -0.1) is 0 Å². The van der Waals surface area contributed by atoms with Crippen molar-refractivity contribution in [3.63, 3.8) is 0 Å².